The first-order chi connectivity index (χ1) is 8.60. The van der Waals surface area contributed by atoms with Gasteiger partial charge in [0.05, 0.1) is 6.61 Å². The van der Waals surface area contributed by atoms with Crippen LogP contribution in [-0.2, 0) is 4.74 Å². The predicted molar refractivity (Wildman–Crippen MR) is 70.0 cm³/mol. The van der Waals surface area contributed by atoms with Crippen molar-refractivity contribution < 1.29 is 4.74 Å². The molecule has 1 saturated heterocycles. The molecule has 1 aromatic heterocycles. The minimum absolute atomic E-state index is 0.0191. The molecular formula is C12H19N5O. The van der Waals surface area contributed by atoms with Crippen molar-refractivity contribution in [1.82, 2.24) is 9.97 Å². The Morgan fingerprint density at radius 1 is 1.61 bits per heavy atom. The van der Waals surface area contributed by atoms with E-state index in [1.54, 1.807) is 13.2 Å². The van der Waals surface area contributed by atoms with Gasteiger partial charge in [-0.1, -0.05) is 0 Å². The van der Waals surface area contributed by atoms with Crippen LogP contribution in [0.15, 0.2) is 6.07 Å². The number of anilines is 1. The Bertz CT molecular complexity index is 448. The molecule has 2 heterocycles. The van der Waals surface area contributed by atoms with Gasteiger partial charge in [-0.05, 0) is 19.4 Å². The molecule has 0 amide bonds. The number of hydrogen-bond acceptors (Lipinski definition) is 5. The smallest absolute Gasteiger partial charge is 0.226 e. The van der Waals surface area contributed by atoms with Crippen molar-refractivity contribution in [3.05, 3.63) is 17.5 Å². The third-order valence-electron chi connectivity index (χ3n) is 3.09. The number of rotatable bonds is 4. The third-order valence-corrected chi connectivity index (χ3v) is 3.09. The minimum atomic E-state index is -0.0191. The molecule has 0 spiro atoms. The molecule has 0 aliphatic carbocycles. The molecule has 6 heteroatoms. The number of amidine groups is 1. The molecule has 6 nitrogen and oxygen atoms in total. The van der Waals surface area contributed by atoms with Gasteiger partial charge < -0.3 is 15.4 Å². The standard InChI is InChI=1S/C12H19N5O/c1-8-5-10(11(13)14)16-12(15-8)17-4-3-9(6-17)7-18-2/h5,9H,3-4,6-7H2,1-2H3,(H3,13,14). The first-order valence-electron chi connectivity index (χ1n) is 6.04. The maximum atomic E-state index is 7.45. The highest BCUT2D eigenvalue weighted by atomic mass is 16.5. The monoisotopic (exact) mass is 249 g/mol. The Balaban J connectivity index is 2.16. The number of nitrogens with zero attached hydrogens (tertiary/aromatic N) is 3. The molecule has 1 aliphatic heterocycles. The van der Waals surface area contributed by atoms with Crippen molar-refractivity contribution in [1.29, 1.82) is 5.41 Å². The number of ether oxygens (including phenoxy) is 1. The average Bonchev–Trinajstić information content (AvgIpc) is 2.77. The quantitative estimate of drug-likeness (QED) is 0.600. The second-order valence-corrected chi connectivity index (χ2v) is 4.66. The Labute approximate surface area is 107 Å². The number of aryl methyl sites for hydroxylation is 1. The molecule has 18 heavy (non-hydrogen) atoms. The lowest BCUT2D eigenvalue weighted by Gasteiger charge is -2.17. The lowest BCUT2D eigenvalue weighted by atomic mass is 10.1. The van der Waals surface area contributed by atoms with Gasteiger partial charge in [0.1, 0.15) is 11.5 Å². The summed E-state index contributed by atoms with van der Waals surface area (Å²) in [4.78, 5) is 10.9. The molecule has 1 atom stereocenters. The van der Waals surface area contributed by atoms with Crippen molar-refractivity contribution in [2.24, 2.45) is 11.7 Å². The summed E-state index contributed by atoms with van der Waals surface area (Å²) in [5.74, 6) is 1.17. The largest absolute Gasteiger partial charge is 0.384 e. The van der Waals surface area contributed by atoms with Gasteiger partial charge >= 0.3 is 0 Å². The lowest BCUT2D eigenvalue weighted by molar-refractivity contribution is 0.161. The van der Waals surface area contributed by atoms with Crippen LogP contribution in [0.3, 0.4) is 0 Å². The van der Waals surface area contributed by atoms with E-state index < -0.39 is 0 Å². The van der Waals surface area contributed by atoms with Crippen LogP contribution in [0.25, 0.3) is 0 Å². The molecule has 0 radical (unpaired) electrons. The molecule has 2 rings (SSSR count). The Kier molecular flexibility index (Phi) is 3.76. The van der Waals surface area contributed by atoms with E-state index in [2.05, 4.69) is 14.9 Å². The van der Waals surface area contributed by atoms with Crippen LogP contribution < -0.4 is 10.6 Å². The highest BCUT2D eigenvalue weighted by molar-refractivity contribution is 5.93. The molecule has 1 aliphatic rings. The molecule has 0 aromatic carbocycles. The number of methoxy groups -OCH3 is 1. The maximum absolute atomic E-state index is 7.45. The highest BCUT2D eigenvalue weighted by Gasteiger charge is 2.24. The van der Waals surface area contributed by atoms with Gasteiger partial charge in [-0.25, -0.2) is 9.97 Å². The minimum Gasteiger partial charge on any atom is -0.384 e. The van der Waals surface area contributed by atoms with E-state index in [-0.39, 0.29) is 5.84 Å². The van der Waals surface area contributed by atoms with Crippen molar-refractivity contribution in [3.63, 3.8) is 0 Å². The van der Waals surface area contributed by atoms with Gasteiger partial charge in [0.15, 0.2) is 0 Å². The Hall–Kier alpha value is -1.69. The second kappa shape index (κ2) is 5.30. The van der Waals surface area contributed by atoms with Crippen molar-refractivity contribution in [2.45, 2.75) is 13.3 Å². The van der Waals surface area contributed by atoms with Gasteiger partial charge in [0.2, 0.25) is 5.95 Å². The number of hydrogen-bond donors (Lipinski definition) is 2. The SMILES string of the molecule is COCC1CCN(c2nc(C)cc(C(=N)N)n2)C1. The van der Waals surface area contributed by atoms with Crippen LogP contribution >= 0.6 is 0 Å². The molecule has 0 bridgehead atoms. The number of nitrogen functional groups attached to an aromatic ring is 1. The van der Waals surface area contributed by atoms with Crippen LogP contribution in [0.2, 0.25) is 0 Å². The summed E-state index contributed by atoms with van der Waals surface area (Å²) in [6.45, 7) is 4.48. The molecule has 1 fully saturated rings. The maximum Gasteiger partial charge on any atom is 0.226 e. The van der Waals surface area contributed by atoms with Gasteiger partial charge in [0, 0.05) is 31.8 Å². The fraction of sp³-hybridized carbons (Fsp3) is 0.583. The summed E-state index contributed by atoms with van der Waals surface area (Å²) < 4.78 is 5.17. The predicted octanol–water partition coefficient (Wildman–Crippen LogP) is 0.542. The van der Waals surface area contributed by atoms with E-state index in [0.717, 1.165) is 31.8 Å². The Morgan fingerprint density at radius 2 is 2.39 bits per heavy atom. The fourth-order valence-corrected chi connectivity index (χ4v) is 2.22. The average molecular weight is 249 g/mol. The van der Waals surface area contributed by atoms with Crippen molar-refractivity contribution in [2.75, 3.05) is 31.7 Å². The van der Waals surface area contributed by atoms with Crippen LogP contribution in [0, 0.1) is 18.3 Å². The molecule has 1 aromatic rings. The Morgan fingerprint density at radius 3 is 3.06 bits per heavy atom. The van der Waals surface area contributed by atoms with Gasteiger partial charge in [0.25, 0.3) is 0 Å². The topological polar surface area (TPSA) is 88.1 Å². The van der Waals surface area contributed by atoms with E-state index in [0.29, 0.717) is 17.6 Å². The van der Waals surface area contributed by atoms with Gasteiger partial charge in [-0.2, -0.15) is 0 Å². The number of nitrogens with two attached hydrogens (primary N) is 1. The second-order valence-electron chi connectivity index (χ2n) is 4.66. The van der Waals surface area contributed by atoms with Gasteiger partial charge in [-0.15, -0.1) is 0 Å². The summed E-state index contributed by atoms with van der Waals surface area (Å²) in [7, 11) is 1.72. The van der Waals surface area contributed by atoms with E-state index in [1.807, 2.05) is 6.92 Å². The summed E-state index contributed by atoms with van der Waals surface area (Å²) in [5.41, 5.74) is 6.81. The number of nitrogens with one attached hydrogen (secondary N) is 1. The van der Waals surface area contributed by atoms with Crippen LogP contribution in [0.4, 0.5) is 5.95 Å². The zero-order chi connectivity index (χ0) is 13.1. The number of aromatic nitrogens is 2. The molecular weight excluding hydrogens is 230 g/mol. The highest BCUT2D eigenvalue weighted by Crippen LogP contribution is 2.21. The first-order valence-corrected chi connectivity index (χ1v) is 6.04. The van der Waals surface area contributed by atoms with Crippen LogP contribution in [0.5, 0.6) is 0 Å². The van der Waals surface area contributed by atoms with Crippen molar-refractivity contribution >= 4 is 11.8 Å². The zero-order valence-corrected chi connectivity index (χ0v) is 10.8. The summed E-state index contributed by atoms with van der Waals surface area (Å²) in [5, 5.41) is 7.45. The normalized spacial score (nSPS) is 19.2. The zero-order valence-electron chi connectivity index (χ0n) is 10.8. The van der Waals surface area contributed by atoms with Crippen LogP contribution in [-0.4, -0.2) is 42.6 Å². The first kappa shape index (κ1) is 12.8. The molecule has 98 valence electrons. The summed E-state index contributed by atoms with van der Waals surface area (Å²) in [6, 6.07) is 1.73. The third kappa shape index (κ3) is 2.76. The van der Waals surface area contributed by atoms with E-state index >= 15 is 0 Å². The van der Waals surface area contributed by atoms with Gasteiger partial charge in [-0.3, -0.25) is 5.41 Å². The molecule has 1 unspecified atom stereocenters. The van der Waals surface area contributed by atoms with Crippen molar-refractivity contribution in [3.8, 4) is 0 Å². The molecule has 3 N–H and O–H groups in total. The fourth-order valence-electron chi connectivity index (χ4n) is 2.22. The molecule has 0 saturated carbocycles. The van der Waals surface area contributed by atoms with Crippen LogP contribution in [0.1, 0.15) is 17.8 Å². The van der Waals surface area contributed by atoms with E-state index in [1.165, 1.54) is 0 Å². The summed E-state index contributed by atoms with van der Waals surface area (Å²) >= 11 is 0. The lowest BCUT2D eigenvalue weighted by Crippen LogP contribution is -2.25. The van der Waals surface area contributed by atoms with E-state index in [4.69, 9.17) is 15.9 Å². The van der Waals surface area contributed by atoms with E-state index in [9.17, 15) is 0 Å². The summed E-state index contributed by atoms with van der Waals surface area (Å²) in [6.07, 6.45) is 1.08.